The Morgan fingerprint density at radius 2 is 1.04 bits per heavy atom. The van der Waals surface area contributed by atoms with Crippen LogP contribution in [0.4, 0.5) is 37.7 Å². The fraction of sp³-hybridized carbons (Fsp3) is 0.333. The molecule has 0 aromatic heterocycles. The zero-order valence-electron chi connectivity index (χ0n) is 14.2. The number of rotatable bonds is 3. The first kappa shape index (κ1) is 19.6. The van der Waals surface area contributed by atoms with Gasteiger partial charge in [0, 0.05) is 34.3 Å². The zero-order chi connectivity index (χ0) is 20.1. The third-order valence-electron chi connectivity index (χ3n) is 4.66. The molecule has 0 saturated heterocycles. The van der Waals surface area contributed by atoms with Crippen LogP contribution in [0.15, 0.2) is 34.1 Å². The Kier molecular flexibility index (Phi) is 4.89. The standard InChI is InChI=1S/C18H14F6N2S2/c19-17(20,21)11-7-13-9(1-3-25-13)5-15(11)27-28-16-6-10-2-4-26-14(10)8-12(16)18(22,23)24/h5-8,25-26H,1-4H2. The van der Waals surface area contributed by atoms with Crippen molar-refractivity contribution in [2.75, 3.05) is 23.7 Å². The summed E-state index contributed by atoms with van der Waals surface area (Å²) in [5.41, 5.74) is 0.669. The van der Waals surface area contributed by atoms with Crippen molar-refractivity contribution in [2.24, 2.45) is 0 Å². The number of hydrogen-bond acceptors (Lipinski definition) is 4. The van der Waals surface area contributed by atoms with Crippen molar-refractivity contribution in [1.82, 2.24) is 0 Å². The number of benzene rings is 2. The first-order chi connectivity index (χ1) is 13.1. The molecule has 0 saturated carbocycles. The second-order valence-corrected chi connectivity index (χ2v) is 8.74. The van der Waals surface area contributed by atoms with Crippen LogP contribution < -0.4 is 10.6 Å². The van der Waals surface area contributed by atoms with Crippen LogP contribution in [-0.4, -0.2) is 13.1 Å². The molecule has 2 N–H and O–H groups in total. The monoisotopic (exact) mass is 436 g/mol. The average Bonchev–Trinajstić information content (AvgIpc) is 3.24. The summed E-state index contributed by atoms with van der Waals surface area (Å²) >= 11 is 0. The molecular weight excluding hydrogens is 422 g/mol. The molecule has 2 aliphatic heterocycles. The normalized spacial score (nSPS) is 15.8. The first-order valence-electron chi connectivity index (χ1n) is 8.43. The minimum atomic E-state index is -4.59. The Hall–Kier alpha value is -1.68. The van der Waals surface area contributed by atoms with Gasteiger partial charge in [0.1, 0.15) is 0 Å². The molecule has 2 heterocycles. The van der Waals surface area contributed by atoms with Crippen LogP contribution in [0, 0.1) is 0 Å². The molecule has 0 bridgehead atoms. The van der Waals surface area contributed by atoms with Crippen LogP contribution in [0.3, 0.4) is 0 Å². The second kappa shape index (κ2) is 6.98. The van der Waals surface area contributed by atoms with Gasteiger partial charge in [-0.3, -0.25) is 0 Å². The molecule has 0 atom stereocenters. The minimum Gasteiger partial charge on any atom is -0.384 e. The van der Waals surface area contributed by atoms with Crippen LogP contribution in [0.1, 0.15) is 22.3 Å². The van der Waals surface area contributed by atoms with Gasteiger partial charge in [0.15, 0.2) is 0 Å². The molecule has 0 radical (unpaired) electrons. The van der Waals surface area contributed by atoms with E-state index in [0.29, 0.717) is 37.3 Å². The maximum Gasteiger partial charge on any atom is 0.417 e. The van der Waals surface area contributed by atoms with Gasteiger partial charge in [0.05, 0.1) is 11.1 Å². The van der Waals surface area contributed by atoms with E-state index in [1.165, 1.54) is 12.1 Å². The quantitative estimate of drug-likeness (QED) is 0.426. The van der Waals surface area contributed by atoms with Gasteiger partial charge in [-0.05, 0) is 48.2 Å². The Balaban J connectivity index is 1.69. The highest BCUT2D eigenvalue weighted by Crippen LogP contribution is 2.50. The van der Waals surface area contributed by atoms with E-state index in [0.717, 1.165) is 44.8 Å². The lowest BCUT2D eigenvalue weighted by atomic mass is 10.1. The van der Waals surface area contributed by atoms with Gasteiger partial charge in [0.2, 0.25) is 0 Å². The Morgan fingerprint density at radius 1 is 0.643 bits per heavy atom. The Bertz CT molecular complexity index is 848. The summed E-state index contributed by atoms with van der Waals surface area (Å²) in [4.78, 5) is -0.154. The van der Waals surface area contributed by atoms with Gasteiger partial charge < -0.3 is 10.6 Å². The third-order valence-corrected chi connectivity index (χ3v) is 7.11. The van der Waals surface area contributed by atoms with Crippen molar-refractivity contribution in [3.8, 4) is 0 Å². The van der Waals surface area contributed by atoms with Crippen LogP contribution in [0.2, 0.25) is 0 Å². The predicted octanol–water partition coefficient (Wildman–Crippen LogP) is 6.46. The molecule has 2 aromatic carbocycles. The molecule has 0 unspecified atom stereocenters. The van der Waals surface area contributed by atoms with Gasteiger partial charge in [-0.2, -0.15) is 26.3 Å². The van der Waals surface area contributed by atoms with Gasteiger partial charge >= 0.3 is 12.4 Å². The van der Waals surface area contributed by atoms with E-state index in [2.05, 4.69) is 10.6 Å². The van der Waals surface area contributed by atoms with Crippen LogP contribution in [0.25, 0.3) is 0 Å². The molecule has 0 amide bonds. The molecule has 10 heteroatoms. The van der Waals surface area contributed by atoms with E-state index in [4.69, 9.17) is 0 Å². The zero-order valence-corrected chi connectivity index (χ0v) is 15.9. The van der Waals surface area contributed by atoms with Gasteiger partial charge in [0.25, 0.3) is 0 Å². The van der Waals surface area contributed by atoms with Gasteiger partial charge in [-0.25, -0.2) is 0 Å². The molecule has 0 fully saturated rings. The van der Waals surface area contributed by atoms with E-state index >= 15 is 0 Å². The topological polar surface area (TPSA) is 24.1 Å². The summed E-state index contributed by atoms with van der Waals surface area (Å²) < 4.78 is 80.7. The van der Waals surface area contributed by atoms with Crippen LogP contribution in [-0.2, 0) is 25.2 Å². The maximum absolute atomic E-state index is 13.5. The molecule has 0 aliphatic carbocycles. The molecule has 0 spiro atoms. The number of halogens is 6. The number of anilines is 2. The summed E-state index contributed by atoms with van der Waals surface area (Å²) in [5.74, 6) is 0. The highest BCUT2D eigenvalue weighted by atomic mass is 33.1. The molecule has 2 nitrogen and oxygen atoms in total. The average molecular weight is 436 g/mol. The summed E-state index contributed by atoms with van der Waals surface area (Å²) in [5, 5.41) is 5.80. The van der Waals surface area contributed by atoms with Crippen molar-refractivity contribution in [2.45, 2.75) is 35.0 Å². The van der Waals surface area contributed by atoms with Crippen molar-refractivity contribution < 1.29 is 26.3 Å². The summed E-state index contributed by atoms with van der Waals surface area (Å²) in [6.07, 6.45) is -8.00. The predicted molar refractivity (Wildman–Crippen MR) is 99.0 cm³/mol. The summed E-state index contributed by atoms with van der Waals surface area (Å²) in [6.45, 7) is 1.09. The molecule has 4 rings (SSSR count). The lowest BCUT2D eigenvalue weighted by Gasteiger charge is -2.17. The van der Waals surface area contributed by atoms with Crippen molar-refractivity contribution in [3.63, 3.8) is 0 Å². The largest absolute Gasteiger partial charge is 0.417 e. The maximum atomic E-state index is 13.5. The molecular formula is C18H14F6N2S2. The molecule has 2 aliphatic rings. The van der Waals surface area contributed by atoms with Gasteiger partial charge in [-0.1, -0.05) is 21.6 Å². The fourth-order valence-electron chi connectivity index (χ4n) is 3.32. The smallest absolute Gasteiger partial charge is 0.384 e. The van der Waals surface area contributed by atoms with E-state index in [1.807, 2.05) is 0 Å². The lowest BCUT2D eigenvalue weighted by molar-refractivity contribution is -0.140. The second-order valence-electron chi connectivity index (χ2n) is 6.53. The summed E-state index contributed by atoms with van der Waals surface area (Å²) in [7, 11) is 1.43. The number of nitrogens with one attached hydrogen (secondary N) is 2. The SMILES string of the molecule is FC(F)(F)c1cc2c(cc1SSc1cc3c(cc1C(F)(F)F)NCC3)CCN2. The van der Waals surface area contributed by atoms with E-state index < -0.39 is 23.5 Å². The highest BCUT2D eigenvalue weighted by molar-refractivity contribution is 8.76. The van der Waals surface area contributed by atoms with E-state index in [9.17, 15) is 26.3 Å². The van der Waals surface area contributed by atoms with Crippen LogP contribution in [0.5, 0.6) is 0 Å². The number of alkyl halides is 6. The lowest BCUT2D eigenvalue weighted by Crippen LogP contribution is -2.08. The third kappa shape index (κ3) is 3.76. The highest BCUT2D eigenvalue weighted by Gasteiger charge is 2.37. The Morgan fingerprint density at radius 3 is 1.39 bits per heavy atom. The van der Waals surface area contributed by atoms with Crippen molar-refractivity contribution >= 4 is 33.0 Å². The number of fused-ring (bicyclic) bond motifs is 2. The fourth-order valence-corrected chi connectivity index (χ4v) is 5.78. The van der Waals surface area contributed by atoms with E-state index in [1.54, 1.807) is 0 Å². The minimum absolute atomic E-state index is 0.0771. The molecule has 2 aromatic rings. The summed E-state index contributed by atoms with van der Waals surface area (Å²) in [6, 6.07) is 4.95. The molecule has 150 valence electrons. The van der Waals surface area contributed by atoms with Crippen LogP contribution >= 0.6 is 21.6 Å². The van der Waals surface area contributed by atoms with Crippen molar-refractivity contribution in [1.29, 1.82) is 0 Å². The number of hydrogen-bond donors (Lipinski definition) is 2. The molecule has 28 heavy (non-hydrogen) atoms. The first-order valence-corrected chi connectivity index (χ1v) is 10.6. The van der Waals surface area contributed by atoms with Gasteiger partial charge in [-0.15, -0.1) is 0 Å². The Labute approximate surface area is 164 Å². The van der Waals surface area contributed by atoms with Crippen molar-refractivity contribution in [3.05, 3.63) is 46.5 Å². The van der Waals surface area contributed by atoms with E-state index in [-0.39, 0.29) is 9.79 Å².